The van der Waals surface area contributed by atoms with Crippen molar-refractivity contribution in [1.82, 2.24) is 10.2 Å². The zero-order chi connectivity index (χ0) is 10.3. The molecule has 1 amide bonds. The van der Waals surface area contributed by atoms with Crippen LogP contribution in [0.4, 0.5) is 0 Å². The summed E-state index contributed by atoms with van der Waals surface area (Å²) >= 11 is 0. The first-order valence-corrected chi connectivity index (χ1v) is 4.78. The number of amides is 1. The Balaban J connectivity index is 3.60. The van der Waals surface area contributed by atoms with Gasteiger partial charge in [-0.05, 0) is 20.8 Å². The molecule has 0 spiro atoms. The van der Waals surface area contributed by atoms with E-state index in [0.717, 1.165) is 13.1 Å². The average molecular weight is 188 g/mol. The summed E-state index contributed by atoms with van der Waals surface area (Å²) in [4.78, 5) is 13.1. The number of hydrogen-bond acceptors (Lipinski definition) is 3. The molecule has 0 rings (SSSR count). The van der Waals surface area contributed by atoms with Gasteiger partial charge in [0.05, 0.1) is 12.6 Å². The summed E-state index contributed by atoms with van der Waals surface area (Å²) in [5.41, 5.74) is 0. The van der Waals surface area contributed by atoms with Crippen molar-refractivity contribution in [2.24, 2.45) is 0 Å². The third-order valence-electron chi connectivity index (χ3n) is 1.83. The maximum atomic E-state index is 11.4. The molecule has 0 aliphatic carbocycles. The van der Waals surface area contributed by atoms with Crippen molar-refractivity contribution < 1.29 is 9.90 Å². The number of hydrogen-bond donors (Lipinski definition) is 2. The van der Waals surface area contributed by atoms with E-state index in [9.17, 15) is 4.79 Å². The molecule has 0 bridgehead atoms. The lowest BCUT2D eigenvalue weighted by atomic mass is 10.4. The van der Waals surface area contributed by atoms with Gasteiger partial charge < -0.3 is 15.3 Å². The van der Waals surface area contributed by atoms with Gasteiger partial charge in [-0.25, -0.2) is 0 Å². The summed E-state index contributed by atoms with van der Waals surface area (Å²) in [7, 11) is 0. The Kier molecular flexibility index (Phi) is 6.54. The van der Waals surface area contributed by atoms with Gasteiger partial charge in [-0.15, -0.1) is 0 Å². The summed E-state index contributed by atoms with van der Waals surface area (Å²) in [6.45, 7) is 7.86. The number of likely N-dealkylation sites (N-methyl/N-ethyl adjacent to an activating group) is 1. The second kappa shape index (κ2) is 6.86. The summed E-state index contributed by atoms with van der Waals surface area (Å²) in [5, 5.41) is 11.8. The summed E-state index contributed by atoms with van der Waals surface area (Å²) in [5.74, 6) is 0.0886. The van der Waals surface area contributed by atoms with Crippen LogP contribution < -0.4 is 5.32 Å². The highest BCUT2D eigenvalue weighted by molar-refractivity contribution is 5.78. The van der Waals surface area contributed by atoms with Gasteiger partial charge >= 0.3 is 0 Å². The molecule has 0 heterocycles. The Labute approximate surface area is 79.9 Å². The normalized spacial score (nSPS) is 12.6. The molecule has 0 saturated heterocycles. The van der Waals surface area contributed by atoms with Crippen LogP contribution in [-0.4, -0.2) is 48.2 Å². The third-order valence-corrected chi connectivity index (χ3v) is 1.83. The molecule has 78 valence electrons. The van der Waals surface area contributed by atoms with E-state index in [4.69, 9.17) is 5.11 Å². The van der Waals surface area contributed by atoms with Gasteiger partial charge in [0.15, 0.2) is 0 Å². The van der Waals surface area contributed by atoms with E-state index in [1.165, 1.54) is 0 Å². The Hall–Kier alpha value is -0.610. The molecular formula is C9H20N2O2. The van der Waals surface area contributed by atoms with Crippen molar-refractivity contribution in [2.45, 2.75) is 26.9 Å². The molecule has 13 heavy (non-hydrogen) atoms. The number of carbonyl (C=O) groups excluding carboxylic acids is 1. The van der Waals surface area contributed by atoms with Crippen LogP contribution in [0, 0.1) is 0 Å². The number of nitrogens with one attached hydrogen (secondary N) is 1. The zero-order valence-electron chi connectivity index (χ0n) is 8.71. The lowest BCUT2D eigenvalue weighted by Gasteiger charge is -2.18. The standard InChI is InChI=1S/C9H20N2O2/c1-4-11(5-2)9(13)7-10-6-8(3)12/h8,10,12H,4-7H2,1-3H3/t8-/m0/s1. The van der Waals surface area contributed by atoms with Crippen LogP contribution in [0.15, 0.2) is 0 Å². The van der Waals surface area contributed by atoms with E-state index in [1.54, 1.807) is 11.8 Å². The molecule has 0 saturated carbocycles. The summed E-state index contributed by atoms with van der Waals surface area (Å²) in [6, 6.07) is 0. The lowest BCUT2D eigenvalue weighted by Crippen LogP contribution is -2.39. The zero-order valence-corrected chi connectivity index (χ0v) is 8.71. The Morgan fingerprint density at radius 2 is 2.00 bits per heavy atom. The number of carbonyl (C=O) groups is 1. The van der Waals surface area contributed by atoms with E-state index in [1.807, 2.05) is 13.8 Å². The molecule has 0 aromatic heterocycles. The van der Waals surface area contributed by atoms with E-state index in [0.29, 0.717) is 13.1 Å². The predicted octanol–water partition coefficient (Wildman–Crippen LogP) is -0.175. The van der Waals surface area contributed by atoms with Crippen LogP contribution >= 0.6 is 0 Å². The topological polar surface area (TPSA) is 52.6 Å². The highest BCUT2D eigenvalue weighted by atomic mass is 16.3. The SMILES string of the molecule is CCN(CC)C(=O)CNC[C@H](C)O. The second-order valence-corrected chi connectivity index (χ2v) is 3.05. The van der Waals surface area contributed by atoms with Crippen molar-refractivity contribution in [3.8, 4) is 0 Å². The molecule has 1 atom stereocenters. The fourth-order valence-corrected chi connectivity index (χ4v) is 1.08. The van der Waals surface area contributed by atoms with Crippen molar-refractivity contribution in [3.05, 3.63) is 0 Å². The minimum Gasteiger partial charge on any atom is -0.392 e. The largest absolute Gasteiger partial charge is 0.392 e. The number of rotatable bonds is 6. The predicted molar refractivity (Wildman–Crippen MR) is 52.5 cm³/mol. The quantitative estimate of drug-likeness (QED) is 0.608. The molecule has 0 unspecified atom stereocenters. The maximum absolute atomic E-state index is 11.4. The second-order valence-electron chi connectivity index (χ2n) is 3.05. The number of aliphatic hydroxyl groups is 1. The average Bonchev–Trinajstić information content (AvgIpc) is 2.05. The molecule has 0 aliphatic heterocycles. The molecule has 0 fully saturated rings. The van der Waals surface area contributed by atoms with Gasteiger partial charge in [-0.3, -0.25) is 4.79 Å². The monoisotopic (exact) mass is 188 g/mol. The van der Waals surface area contributed by atoms with Crippen LogP contribution in [0.3, 0.4) is 0 Å². The molecule has 4 nitrogen and oxygen atoms in total. The summed E-state index contributed by atoms with van der Waals surface area (Å²) < 4.78 is 0. The highest BCUT2D eigenvalue weighted by Crippen LogP contribution is 1.87. The smallest absolute Gasteiger partial charge is 0.236 e. The minimum atomic E-state index is -0.399. The van der Waals surface area contributed by atoms with Gasteiger partial charge in [-0.1, -0.05) is 0 Å². The first kappa shape index (κ1) is 12.4. The first-order chi connectivity index (χ1) is 6.11. The van der Waals surface area contributed by atoms with Crippen molar-refractivity contribution >= 4 is 5.91 Å². The number of aliphatic hydroxyl groups excluding tert-OH is 1. The Morgan fingerprint density at radius 3 is 2.38 bits per heavy atom. The van der Waals surface area contributed by atoms with E-state index in [-0.39, 0.29) is 5.91 Å². The van der Waals surface area contributed by atoms with Crippen LogP contribution in [0.5, 0.6) is 0 Å². The fraction of sp³-hybridized carbons (Fsp3) is 0.889. The van der Waals surface area contributed by atoms with E-state index in [2.05, 4.69) is 5.32 Å². The van der Waals surface area contributed by atoms with Gasteiger partial charge in [0.2, 0.25) is 5.91 Å². The molecule has 0 radical (unpaired) electrons. The fourth-order valence-electron chi connectivity index (χ4n) is 1.08. The molecule has 0 aliphatic rings. The van der Waals surface area contributed by atoms with Crippen LogP contribution in [0.2, 0.25) is 0 Å². The van der Waals surface area contributed by atoms with Crippen LogP contribution in [-0.2, 0) is 4.79 Å². The highest BCUT2D eigenvalue weighted by Gasteiger charge is 2.08. The van der Waals surface area contributed by atoms with Crippen LogP contribution in [0.25, 0.3) is 0 Å². The molecule has 0 aromatic carbocycles. The van der Waals surface area contributed by atoms with E-state index >= 15 is 0 Å². The van der Waals surface area contributed by atoms with Gasteiger partial charge in [0.1, 0.15) is 0 Å². The lowest BCUT2D eigenvalue weighted by molar-refractivity contribution is -0.129. The van der Waals surface area contributed by atoms with Gasteiger partial charge in [0.25, 0.3) is 0 Å². The van der Waals surface area contributed by atoms with Crippen molar-refractivity contribution in [1.29, 1.82) is 0 Å². The van der Waals surface area contributed by atoms with Gasteiger partial charge in [0, 0.05) is 19.6 Å². The molecule has 0 aromatic rings. The van der Waals surface area contributed by atoms with Crippen molar-refractivity contribution in [2.75, 3.05) is 26.2 Å². The van der Waals surface area contributed by atoms with E-state index < -0.39 is 6.10 Å². The third kappa shape index (κ3) is 5.60. The molecular weight excluding hydrogens is 168 g/mol. The molecule has 4 heteroatoms. The molecule has 2 N–H and O–H groups in total. The maximum Gasteiger partial charge on any atom is 0.236 e. The number of nitrogens with zero attached hydrogens (tertiary/aromatic N) is 1. The Bertz CT molecular complexity index is 145. The van der Waals surface area contributed by atoms with Gasteiger partial charge in [-0.2, -0.15) is 0 Å². The van der Waals surface area contributed by atoms with Crippen molar-refractivity contribution in [3.63, 3.8) is 0 Å². The minimum absolute atomic E-state index is 0.0886. The first-order valence-electron chi connectivity index (χ1n) is 4.78. The van der Waals surface area contributed by atoms with Crippen LogP contribution in [0.1, 0.15) is 20.8 Å². The Morgan fingerprint density at radius 1 is 1.46 bits per heavy atom. The summed E-state index contributed by atoms with van der Waals surface area (Å²) in [6.07, 6.45) is -0.399.